The first-order valence-corrected chi connectivity index (χ1v) is 9.26. The minimum absolute atomic E-state index is 0.115. The van der Waals surface area contributed by atoms with Gasteiger partial charge in [-0.3, -0.25) is 5.14 Å². The summed E-state index contributed by atoms with van der Waals surface area (Å²) < 4.78 is 34.6. The van der Waals surface area contributed by atoms with Crippen LogP contribution >= 0.6 is 0 Å². The van der Waals surface area contributed by atoms with Crippen LogP contribution < -0.4 is 5.14 Å². The third-order valence-electron chi connectivity index (χ3n) is 3.34. The Bertz CT molecular complexity index is 582. The van der Waals surface area contributed by atoms with Gasteiger partial charge in [-0.2, -0.15) is 0 Å². The lowest BCUT2D eigenvalue weighted by molar-refractivity contribution is 0.599. The lowest BCUT2D eigenvalue weighted by Gasteiger charge is -2.19. The van der Waals surface area contributed by atoms with Crippen LogP contribution in [0.1, 0.15) is 37.3 Å². The maximum Gasteiger partial charge on any atom is 0.175 e. The van der Waals surface area contributed by atoms with Crippen LogP contribution in [0, 0.1) is 6.92 Å². The standard InChI is InChI=1S/C13H21NO3S2/c1-9(8-10(2)18(14)15)12-6-5-7-13(11(12)3)19(4,16)17/h5-7,9-10H,8,14H2,1-4H3/t9-,10?,18?/m1/s1. The van der Waals surface area contributed by atoms with Crippen molar-refractivity contribution in [2.24, 2.45) is 5.14 Å². The van der Waals surface area contributed by atoms with E-state index >= 15 is 0 Å². The van der Waals surface area contributed by atoms with Gasteiger partial charge in [0.05, 0.1) is 15.9 Å². The second kappa shape index (κ2) is 6.15. The molecule has 108 valence electrons. The summed E-state index contributed by atoms with van der Waals surface area (Å²) in [6, 6.07) is 5.28. The van der Waals surface area contributed by atoms with Crippen molar-refractivity contribution in [2.45, 2.75) is 43.3 Å². The number of rotatable bonds is 5. The molecule has 0 fully saturated rings. The highest BCUT2D eigenvalue weighted by Gasteiger charge is 2.19. The summed E-state index contributed by atoms with van der Waals surface area (Å²) in [6.45, 7) is 5.65. The second-order valence-corrected chi connectivity index (χ2v) is 8.46. The van der Waals surface area contributed by atoms with Crippen molar-refractivity contribution in [2.75, 3.05) is 6.26 Å². The SMILES string of the molecule is Cc1c([C@H](C)CC(C)S(N)=O)cccc1S(C)(=O)=O. The highest BCUT2D eigenvalue weighted by Crippen LogP contribution is 2.28. The summed E-state index contributed by atoms with van der Waals surface area (Å²) in [5.41, 5.74) is 1.74. The van der Waals surface area contributed by atoms with Crippen LogP contribution in [0.15, 0.2) is 23.1 Å². The van der Waals surface area contributed by atoms with Gasteiger partial charge in [0.2, 0.25) is 0 Å². The predicted octanol–water partition coefficient (Wildman–Crippen LogP) is 1.90. The van der Waals surface area contributed by atoms with Crippen molar-refractivity contribution in [1.29, 1.82) is 0 Å². The second-order valence-electron chi connectivity index (χ2n) is 5.02. The van der Waals surface area contributed by atoms with Gasteiger partial charge in [-0.1, -0.05) is 19.1 Å². The Labute approximate surface area is 117 Å². The van der Waals surface area contributed by atoms with Gasteiger partial charge in [-0.05, 0) is 43.4 Å². The molecule has 0 spiro atoms. The molecule has 0 aliphatic rings. The number of hydrogen-bond acceptors (Lipinski definition) is 3. The molecule has 0 bridgehead atoms. The Kier molecular flexibility index (Phi) is 5.29. The summed E-state index contributed by atoms with van der Waals surface area (Å²) in [7, 11) is -4.57. The first kappa shape index (κ1) is 16.3. The molecule has 1 aromatic carbocycles. The molecule has 0 radical (unpaired) electrons. The van der Waals surface area contributed by atoms with Gasteiger partial charge in [-0.15, -0.1) is 0 Å². The first-order chi connectivity index (χ1) is 8.64. The topological polar surface area (TPSA) is 77.2 Å². The van der Waals surface area contributed by atoms with Crippen molar-refractivity contribution in [3.05, 3.63) is 29.3 Å². The van der Waals surface area contributed by atoms with E-state index in [1.165, 1.54) is 6.26 Å². The average molecular weight is 303 g/mol. The van der Waals surface area contributed by atoms with Gasteiger partial charge in [0.15, 0.2) is 9.84 Å². The fourth-order valence-electron chi connectivity index (χ4n) is 2.29. The summed E-state index contributed by atoms with van der Waals surface area (Å²) in [4.78, 5) is 0.360. The zero-order chi connectivity index (χ0) is 14.8. The Morgan fingerprint density at radius 1 is 1.32 bits per heavy atom. The lowest BCUT2D eigenvalue weighted by atomic mass is 9.93. The van der Waals surface area contributed by atoms with Crippen molar-refractivity contribution in [3.8, 4) is 0 Å². The molecule has 0 heterocycles. The number of nitrogens with two attached hydrogens (primary N) is 1. The van der Waals surface area contributed by atoms with E-state index in [-0.39, 0.29) is 11.2 Å². The molecule has 19 heavy (non-hydrogen) atoms. The molecular weight excluding hydrogens is 282 g/mol. The zero-order valence-corrected chi connectivity index (χ0v) is 13.3. The van der Waals surface area contributed by atoms with Gasteiger partial charge < -0.3 is 0 Å². The van der Waals surface area contributed by atoms with E-state index in [9.17, 15) is 12.6 Å². The summed E-state index contributed by atoms with van der Waals surface area (Å²) in [6.07, 6.45) is 1.87. The fraction of sp³-hybridized carbons (Fsp3) is 0.538. The van der Waals surface area contributed by atoms with Gasteiger partial charge in [0.25, 0.3) is 0 Å². The Balaban J connectivity index is 3.12. The van der Waals surface area contributed by atoms with Crippen molar-refractivity contribution in [1.82, 2.24) is 0 Å². The Hall–Kier alpha value is -0.720. The third-order valence-corrected chi connectivity index (χ3v) is 5.57. The number of sulfone groups is 1. The van der Waals surface area contributed by atoms with E-state index in [0.29, 0.717) is 11.3 Å². The maximum absolute atomic E-state index is 11.7. The Morgan fingerprint density at radius 2 is 1.89 bits per heavy atom. The van der Waals surface area contributed by atoms with E-state index in [1.807, 2.05) is 26.8 Å². The van der Waals surface area contributed by atoms with Gasteiger partial charge in [0.1, 0.15) is 0 Å². The van der Waals surface area contributed by atoms with Crippen LogP contribution in [-0.4, -0.2) is 24.1 Å². The molecule has 0 saturated carbocycles. The van der Waals surface area contributed by atoms with Gasteiger partial charge in [0, 0.05) is 11.5 Å². The first-order valence-electron chi connectivity index (χ1n) is 6.09. The van der Waals surface area contributed by atoms with Crippen molar-refractivity contribution in [3.63, 3.8) is 0 Å². The monoisotopic (exact) mass is 303 g/mol. The summed E-state index contributed by atoms with van der Waals surface area (Å²) >= 11 is 0. The largest absolute Gasteiger partial charge is 0.252 e. The van der Waals surface area contributed by atoms with E-state index in [4.69, 9.17) is 5.14 Å². The molecule has 1 aromatic rings. The van der Waals surface area contributed by atoms with Gasteiger partial charge in [-0.25, -0.2) is 12.6 Å². The fourth-order valence-corrected chi connectivity index (χ4v) is 3.76. The molecule has 0 aromatic heterocycles. The molecule has 4 nitrogen and oxygen atoms in total. The Morgan fingerprint density at radius 3 is 2.37 bits per heavy atom. The smallest absolute Gasteiger partial charge is 0.175 e. The summed E-state index contributed by atoms with van der Waals surface area (Å²) in [5, 5.41) is 5.26. The maximum atomic E-state index is 11.7. The molecule has 0 amide bonds. The van der Waals surface area contributed by atoms with E-state index in [2.05, 4.69) is 0 Å². The van der Waals surface area contributed by atoms with Gasteiger partial charge >= 0.3 is 0 Å². The van der Waals surface area contributed by atoms with Crippen LogP contribution in [0.4, 0.5) is 0 Å². The van der Waals surface area contributed by atoms with Crippen LogP contribution in [-0.2, 0) is 20.8 Å². The minimum atomic E-state index is -3.22. The molecule has 0 aliphatic carbocycles. The van der Waals surface area contributed by atoms with Crippen LogP contribution in [0.3, 0.4) is 0 Å². The molecule has 0 saturated heterocycles. The third kappa shape index (κ3) is 4.12. The van der Waals surface area contributed by atoms with Crippen LogP contribution in [0.2, 0.25) is 0 Å². The lowest BCUT2D eigenvalue weighted by Crippen LogP contribution is -2.20. The highest BCUT2D eigenvalue weighted by atomic mass is 32.2. The highest BCUT2D eigenvalue weighted by molar-refractivity contribution is 7.90. The molecular formula is C13H21NO3S2. The van der Waals surface area contributed by atoms with E-state index in [0.717, 1.165) is 11.1 Å². The molecule has 1 rings (SSSR count). The van der Waals surface area contributed by atoms with Crippen molar-refractivity contribution < 1.29 is 12.6 Å². The van der Waals surface area contributed by atoms with E-state index < -0.39 is 20.8 Å². The van der Waals surface area contributed by atoms with E-state index in [1.54, 1.807) is 12.1 Å². The predicted molar refractivity (Wildman–Crippen MR) is 79.1 cm³/mol. The molecule has 6 heteroatoms. The number of hydrogen-bond donors (Lipinski definition) is 1. The molecule has 3 atom stereocenters. The minimum Gasteiger partial charge on any atom is -0.252 e. The quantitative estimate of drug-likeness (QED) is 0.902. The molecule has 2 N–H and O–H groups in total. The molecule has 2 unspecified atom stereocenters. The number of benzene rings is 1. The average Bonchev–Trinajstić information content (AvgIpc) is 2.27. The zero-order valence-electron chi connectivity index (χ0n) is 11.7. The van der Waals surface area contributed by atoms with Crippen molar-refractivity contribution >= 4 is 20.8 Å². The normalized spacial score (nSPS) is 16.9. The molecule has 0 aliphatic heterocycles. The summed E-state index contributed by atoms with van der Waals surface area (Å²) in [5.74, 6) is 0.115. The van der Waals surface area contributed by atoms with Crippen LogP contribution in [0.25, 0.3) is 0 Å². The van der Waals surface area contributed by atoms with Crippen LogP contribution in [0.5, 0.6) is 0 Å².